The van der Waals surface area contributed by atoms with Crippen LogP contribution in [0.5, 0.6) is 0 Å². The van der Waals surface area contributed by atoms with Gasteiger partial charge < -0.3 is 0 Å². The van der Waals surface area contributed by atoms with Gasteiger partial charge in [-0.05, 0) is 98.9 Å². The first-order valence-electron chi connectivity index (χ1n) is 8.93. The van der Waals surface area contributed by atoms with Gasteiger partial charge in [-0.1, -0.05) is 0 Å². The fourth-order valence-electron chi connectivity index (χ4n) is 4.63. The summed E-state index contributed by atoms with van der Waals surface area (Å²) in [6.45, 7) is 0. The summed E-state index contributed by atoms with van der Waals surface area (Å²) in [5.41, 5.74) is 0.631. The average molecular weight is 342 g/mol. The van der Waals surface area contributed by atoms with Gasteiger partial charge >= 0.3 is 0 Å². The zero-order chi connectivity index (χ0) is 16.4. The van der Waals surface area contributed by atoms with Crippen molar-refractivity contribution in [1.29, 1.82) is 0 Å². The third-order valence-corrected chi connectivity index (χ3v) is 6.81. The fourth-order valence-corrected chi connectivity index (χ4v) is 5.10. The van der Waals surface area contributed by atoms with Crippen molar-refractivity contribution in [3.05, 3.63) is 35.1 Å². The summed E-state index contributed by atoms with van der Waals surface area (Å²) in [4.78, 5) is 0. The topological polar surface area (TPSA) is 0 Å². The number of hydrogen-bond donors (Lipinski definition) is 0. The molecule has 3 rings (SSSR count). The van der Waals surface area contributed by atoms with Gasteiger partial charge in [0.2, 0.25) is 0 Å². The molecule has 1 atom stereocenters. The molecule has 128 valence electrons. The van der Waals surface area contributed by atoms with Crippen LogP contribution in [0.3, 0.4) is 0 Å². The summed E-state index contributed by atoms with van der Waals surface area (Å²) in [5, 5.41) is 0. The van der Waals surface area contributed by atoms with Crippen LogP contribution in [-0.4, -0.2) is 6.16 Å². The van der Waals surface area contributed by atoms with Gasteiger partial charge in [0.1, 0.15) is 0 Å². The first-order chi connectivity index (χ1) is 11.1. The highest BCUT2D eigenvalue weighted by atomic mass is 31.0. The molecule has 2 aliphatic rings. The van der Waals surface area contributed by atoms with Gasteiger partial charge in [-0.25, -0.2) is 13.2 Å². The van der Waals surface area contributed by atoms with Gasteiger partial charge in [-0.15, -0.1) is 9.24 Å². The predicted molar refractivity (Wildman–Crippen MR) is 91.0 cm³/mol. The lowest BCUT2D eigenvalue weighted by Gasteiger charge is -2.37. The lowest BCUT2D eigenvalue weighted by molar-refractivity contribution is 0.166. The second-order valence-electron chi connectivity index (χ2n) is 7.43. The van der Waals surface area contributed by atoms with Crippen LogP contribution in [0.25, 0.3) is 0 Å². The number of benzene rings is 1. The molecule has 23 heavy (non-hydrogen) atoms. The molecule has 1 aromatic carbocycles. The summed E-state index contributed by atoms with van der Waals surface area (Å²) in [6.07, 6.45) is 10.8. The Morgan fingerprint density at radius 1 is 0.783 bits per heavy atom. The van der Waals surface area contributed by atoms with Crippen LogP contribution in [0.1, 0.15) is 62.8 Å². The summed E-state index contributed by atoms with van der Waals surface area (Å²) in [5.74, 6) is -0.793. The van der Waals surface area contributed by atoms with E-state index in [-0.39, 0.29) is 5.92 Å². The normalized spacial score (nSPS) is 32.0. The summed E-state index contributed by atoms with van der Waals surface area (Å²) >= 11 is 0. The van der Waals surface area contributed by atoms with E-state index >= 15 is 0 Å². The zero-order valence-corrected chi connectivity index (χ0v) is 14.7. The van der Waals surface area contributed by atoms with Gasteiger partial charge in [-0.3, -0.25) is 0 Å². The fraction of sp³-hybridized carbons (Fsp3) is 0.684. The standard InChI is InChI=1S/C19H26F3P/c20-17-9-16(10-18(21)19(17)22)15-7-5-14(6-8-15)13-3-1-12(11-23)2-4-13/h9-10,12-15H,1-8,11,23H2. The Labute approximate surface area is 139 Å². The molecule has 0 aliphatic heterocycles. The molecule has 0 amide bonds. The minimum absolute atomic E-state index is 0.180. The van der Waals surface area contributed by atoms with Crippen molar-refractivity contribution >= 4 is 9.24 Å². The van der Waals surface area contributed by atoms with Crippen LogP contribution in [0.15, 0.2) is 12.1 Å². The molecular weight excluding hydrogens is 316 g/mol. The Kier molecular flexibility index (Phi) is 5.67. The van der Waals surface area contributed by atoms with E-state index in [0.717, 1.165) is 43.4 Å². The third kappa shape index (κ3) is 3.92. The van der Waals surface area contributed by atoms with E-state index in [2.05, 4.69) is 9.24 Å². The highest BCUT2D eigenvalue weighted by molar-refractivity contribution is 7.16. The Morgan fingerprint density at radius 3 is 1.74 bits per heavy atom. The molecular formula is C19H26F3P. The first-order valence-corrected chi connectivity index (χ1v) is 9.74. The maximum atomic E-state index is 13.4. The van der Waals surface area contributed by atoms with Crippen molar-refractivity contribution in [2.24, 2.45) is 17.8 Å². The lowest BCUT2D eigenvalue weighted by Crippen LogP contribution is -2.25. The first kappa shape index (κ1) is 17.3. The Hall–Kier alpha value is -0.560. The van der Waals surface area contributed by atoms with Crippen molar-refractivity contribution in [3.63, 3.8) is 0 Å². The maximum absolute atomic E-state index is 13.4. The van der Waals surface area contributed by atoms with Crippen LogP contribution in [0.4, 0.5) is 13.2 Å². The van der Waals surface area contributed by atoms with E-state index in [1.165, 1.54) is 44.0 Å². The maximum Gasteiger partial charge on any atom is 0.194 e. The minimum atomic E-state index is -1.35. The van der Waals surface area contributed by atoms with E-state index in [4.69, 9.17) is 0 Å². The third-order valence-electron chi connectivity index (χ3n) is 6.14. The number of halogens is 3. The molecule has 0 spiro atoms. The van der Waals surface area contributed by atoms with Crippen molar-refractivity contribution in [2.45, 2.75) is 57.3 Å². The molecule has 0 nitrogen and oxygen atoms in total. The summed E-state index contributed by atoms with van der Waals surface area (Å²) < 4.78 is 39.9. The average Bonchev–Trinajstić information content (AvgIpc) is 2.59. The van der Waals surface area contributed by atoms with Gasteiger partial charge in [0, 0.05) is 0 Å². The molecule has 4 heteroatoms. The zero-order valence-electron chi connectivity index (χ0n) is 13.5. The van der Waals surface area contributed by atoms with Crippen LogP contribution >= 0.6 is 9.24 Å². The summed E-state index contributed by atoms with van der Waals surface area (Å²) in [7, 11) is 2.87. The molecule has 2 fully saturated rings. The molecule has 2 saturated carbocycles. The van der Waals surface area contributed by atoms with Crippen molar-refractivity contribution < 1.29 is 13.2 Å². The van der Waals surface area contributed by atoms with E-state index in [9.17, 15) is 13.2 Å². The van der Waals surface area contributed by atoms with Crippen molar-refractivity contribution in [1.82, 2.24) is 0 Å². The predicted octanol–water partition coefficient (Wildman–Crippen LogP) is 6.06. The van der Waals surface area contributed by atoms with Crippen LogP contribution in [0.2, 0.25) is 0 Å². The molecule has 0 heterocycles. The quantitative estimate of drug-likeness (QED) is 0.463. The van der Waals surface area contributed by atoms with E-state index < -0.39 is 17.5 Å². The lowest BCUT2D eigenvalue weighted by atomic mass is 9.68. The molecule has 0 saturated heterocycles. The number of hydrogen-bond acceptors (Lipinski definition) is 0. The van der Waals surface area contributed by atoms with Crippen LogP contribution < -0.4 is 0 Å². The van der Waals surface area contributed by atoms with Gasteiger partial charge in [0.25, 0.3) is 0 Å². The largest absolute Gasteiger partial charge is 0.204 e. The van der Waals surface area contributed by atoms with Gasteiger partial charge in [0.05, 0.1) is 0 Å². The smallest absolute Gasteiger partial charge is 0.194 e. The SMILES string of the molecule is Fc1cc(C2CCC(C3CCC(CP)CC3)CC2)cc(F)c1F. The molecule has 2 aliphatic carbocycles. The molecule has 0 radical (unpaired) electrons. The molecule has 0 aromatic heterocycles. The Morgan fingerprint density at radius 2 is 1.26 bits per heavy atom. The van der Waals surface area contributed by atoms with Crippen molar-refractivity contribution in [2.75, 3.05) is 6.16 Å². The highest BCUT2D eigenvalue weighted by Crippen LogP contribution is 2.44. The number of rotatable bonds is 3. The monoisotopic (exact) mass is 342 g/mol. The van der Waals surface area contributed by atoms with Gasteiger partial charge in [0.15, 0.2) is 17.5 Å². The Balaban J connectivity index is 1.56. The molecule has 0 bridgehead atoms. The minimum Gasteiger partial charge on any atom is -0.204 e. The second-order valence-corrected chi connectivity index (χ2v) is 7.90. The van der Waals surface area contributed by atoms with Crippen LogP contribution in [-0.2, 0) is 0 Å². The molecule has 1 aromatic rings. The van der Waals surface area contributed by atoms with Crippen molar-refractivity contribution in [3.8, 4) is 0 Å². The van der Waals surface area contributed by atoms with Gasteiger partial charge in [-0.2, -0.15) is 0 Å². The highest BCUT2D eigenvalue weighted by Gasteiger charge is 2.31. The van der Waals surface area contributed by atoms with E-state index in [0.29, 0.717) is 5.56 Å². The van der Waals surface area contributed by atoms with E-state index in [1.807, 2.05) is 0 Å². The van der Waals surface area contributed by atoms with Crippen LogP contribution in [0, 0.1) is 35.2 Å². The van der Waals surface area contributed by atoms with E-state index in [1.54, 1.807) is 0 Å². The molecule has 1 unspecified atom stereocenters. The summed E-state index contributed by atoms with van der Waals surface area (Å²) in [6, 6.07) is 2.38. The second kappa shape index (κ2) is 7.55. The Bertz CT molecular complexity index is 506. The molecule has 0 N–H and O–H groups in total.